The predicted molar refractivity (Wildman–Crippen MR) is 112 cm³/mol. The maximum absolute atomic E-state index is 12.6. The third-order valence-corrected chi connectivity index (χ3v) is 5.01. The number of piperidine rings is 1. The summed E-state index contributed by atoms with van der Waals surface area (Å²) in [6.07, 6.45) is 3.06. The van der Waals surface area contributed by atoms with Crippen molar-refractivity contribution in [3.8, 4) is 6.07 Å². The molecule has 1 aromatic heterocycles. The van der Waals surface area contributed by atoms with Crippen LogP contribution in [0.15, 0.2) is 42.6 Å². The van der Waals surface area contributed by atoms with E-state index in [0.29, 0.717) is 16.9 Å². The van der Waals surface area contributed by atoms with Crippen LogP contribution in [-0.2, 0) is 9.59 Å². The molecule has 1 fully saturated rings. The lowest BCUT2D eigenvalue weighted by Crippen LogP contribution is -2.38. The van der Waals surface area contributed by atoms with E-state index in [9.17, 15) is 9.59 Å². The molecule has 0 bridgehead atoms. The van der Waals surface area contributed by atoms with Crippen LogP contribution < -0.4 is 15.5 Å². The predicted octanol–water partition coefficient (Wildman–Crippen LogP) is 3.40. The van der Waals surface area contributed by atoms with Crippen LogP contribution in [0, 0.1) is 23.2 Å². The van der Waals surface area contributed by atoms with Crippen LogP contribution in [0.25, 0.3) is 0 Å². The van der Waals surface area contributed by atoms with Gasteiger partial charge in [0.05, 0.1) is 5.56 Å². The molecule has 2 aromatic rings. The van der Waals surface area contributed by atoms with E-state index in [2.05, 4.69) is 26.6 Å². The van der Waals surface area contributed by atoms with Crippen molar-refractivity contribution in [2.45, 2.75) is 26.7 Å². The number of pyridine rings is 1. The SMILES string of the molecule is CC(C)C(=O)Nc1ccc(NC(=O)C2CCN(c3ccc(C#N)cn3)CC2)cc1. The number of aromatic nitrogens is 1. The van der Waals surface area contributed by atoms with Crippen molar-refractivity contribution in [2.75, 3.05) is 28.6 Å². The van der Waals surface area contributed by atoms with Crippen molar-refractivity contribution in [1.29, 1.82) is 5.26 Å². The quantitative estimate of drug-likeness (QED) is 0.814. The molecule has 1 aliphatic heterocycles. The maximum Gasteiger partial charge on any atom is 0.227 e. The van der Waals surface area contributed by atoms with Gasteiger partial charge in [-0.3, -0.25) is 9.59 Å². The largest absolute Gasteiger partial charge is 0.357 e. The monoisotopic (exact) mass is 391 g/mol. The minimum Gasteiger partial charge on any atom is -0.357 e. The molecule has 0 unspecified atom stereocenters. The Hall–Kier alpha value is -3.40. The average molecular weight is 391 g/mol. The molecule has 2 amide bonds. The Morgan fingerprint density at radius 2 is 1.69 bits per heavy atom. The van der Waals surface area contributed by atoms with E-state index in [4.69, 9.17) is 5.26 Å². The minimum atomic E-state index is -0.0836. The zero-order valence-electron chi connectivity index (χ0n) is 16.7. The van der Waals surface area contributed by atoms with Crippen molar-refractivity contribution in [3.63, 3.8) is 0 Å². The number of nitrogens with zero attached hydrogens (tertiary/aromatic N) is 3. The average Bonchev–Trinajstić information content (AvgIpc) is 2.75. The van der Waals surface area contributed by atoms with Gasteiger partial charge in [0, 0.05) is 42.5 Å². The summed E-state index contributed by atoms with van der Waals surface area (Å²) in [5.74, 6) is 0.674. The van der Waals surface area contributed by atoms with Crippen LogP contribution in [0.3, 0.4) is 0 Å². The van der Waals surface area contributed by atoms with Gasteiger partial charge in [0.1, 0.15) is 11.9 Å². The van der Waals surface area contributed by atoms with E-state index in [0.717, 1.165) is 31.7 Å². The molecule has 1 aliphatic rings. The number of hydrogen-bond acceptors (Lipinski definition) is 5. The molecule has 0 atom stereocenters. The number of anilines is 3. The van der Waals surface area contributed by atoms with E-state index < -0.39 is 0 Å². The summed E-state index contributed by atoms with van der Waals surface area (Å²) in [5, 5.41) is 14.7. The fraction of sp³-hybridized carbons (Fsp3) is 0.364. The lowest BCUT2D eigenvalue weighted by Gasteiger charge is -2.32. The fourth-order valence-electron chi connectivity index (χ4n) is 3.18. The lowest BCUT2D eigenvalue weighted by atomic mass is 9.95. The van der Waals surface area contributed by atoms with Gasteiger partial charge in [-0.2, -0.15) is 5.26 Å². The first-order valence-electron chi connectivity index (χ1n) is 9.79. The van der Waals surface area contributed by atoms with Crippen LogP contribution in [-0.4, -0.2) is 29.9 Å². The summed E-state index contributed by atoms with van der Waals surface area (Å²) >= 11 is 0. The molecule has 0 radical (unpaired) electrons. The van der Waals surface area contributed by atoms with Crippen molar-refractivity contribution < 1.29 is 9.59 Å². The molecule has 29 heavy (non-hydrogen) atoms. The normalized spacial score (nSPS) is 14.3. The molecule has 1 aromatic carbocycles. The number of rotatable bonds is 5. The first kappa shape index (κ1) is 20.3. The second kappa shape index (κ2) is 9.20. The fourth-order valence-corrected chi connectivity index (χ4v) is 3.18. The Labute approximate surface area is 170 Å². The number of amides is 2. The Morgan fingerprint density at radius 1 is 1.07 bits per heavy atom. The van der Waals surface area contributed by atoms with Gasteiger partial charge in [0.15, 0.2) is 0 Å². The van der Waals surface area contributed by atoms with Gasteiger partial charge in [-0.1, -0.05) is 13.8 Å². The second-order valence-electron chi connectivity index (χ2n) is 7.49. The molecule has 2 N–H and O–H groups in total. The van der Waals surface area contributed by atoms with Gasteiger partial charge in [0.25, 0.3) is 0 Å². The van der Waals surface area contributed by atoms with Crippen LogP contribution in [0.4, 0.5) is 17.2 Å². The van der Waals surface area contributed by atoms with Crippen LogP contribution in [0.1, 0.15) is 32.3 Å². The molecule has 2 heterocycles. The van der Waals surface area contributed by atoms with Gasteiger partial charge < -0.3 is 15.5 Å². The van der Waals surface area contributed by atoms with Crippen LogP contribution >= 0.6 is 0 Å². The van der Waals surface area contributed by atoms with Gasteiger partial charge in [-0.05, 0) is 49.2 Å². The topological polar surface area (TPSA) is 98.1 Å². The van der Waals surface area contributed by atoms with Crippen molar-refractivity contribution >= 4 is 29.0 Å². The molecule has 1 saturated heterocycles. The summed E-state index contributed by atoms with van der Waals surface area (Å²) < 4.78 is 0. The smallest absolute Gasteiger partial charge is 0.227 e. The Kier molecular flexibility index (Phi) is 6.45. The number of carbonyl (C=O) groups is 2. The molecule has 0 spiro atoms. The molecule has 0 aliphatic carbocycles. The summed E-state index contributed by atoms with van der Waals surface area (Å²) in [6, 6.07) is 12.8. The van der Waals surface area contributed by atoms with Gasteiger partial charge >= 0.3 is 0 Å². The Balaban J connectivity index is 1.50. The Bertz CT molecular complexity index is 892. The summed E-state index contributed by atoms with van der Waals surface area (Å²) in [4.78, 5) is 30.8. The summed E-state index contributed by atoms with van der Waals surface area (Å²) in [6.45, 7) is 5.17. The minimum absolute atomic E-state index is 0.0106. The van der Waals surface area contributed by atoms with Crippen molar-refractivity contribution in [3.05, 3.63) is 48.2 Å². The highest BCUT2D eigenvalue weighted by Crippen LogP contribution is 2.23. The first-order chi connectivity index (χ1) is 14.0. The van der Waals surface area contributed by atoms with Crippen LogP contribution in [0.2, 0.25) is 0 Å². The van der Waals surface area contributed by atoms with Gasteiger partial charge in [-0.25, -0.2) is 4.98 Å². The maximum atomic E-state index is 12.6. The third-order valence-electron chi connectivity index (χ3n) is 5.01. The molecule has 150 valence electrons. The number of nitrogens with one attached hydrogen (secondary N) is 2. The molecular weight excluding hydrogens is 366 g/mol. The standard InChI is InChI=1S/C22H25N5O2/c1-15(2)21(28)25-18-4-6-19(7-5-18)26-22(29)17-9-11-27(12-10-17)20-8-3-16(13-23)14-24-20/h3-8,14-15,17H,9-12H2,1-2H3,(H,25,28)(H,26,29). The van der Waals surface area contributed by atoms with E-state index in [-0.39, 0.29) is 23.7 Å². The highest BCUT2D eigenvalue weighted by Gasteiger charge is 2.25. The van der Waals surface area contributed by atoms with Crippen molar-refractivity contribution in [1.82, 2.24) is 4.98 Å². The van der Waals surface area contributed by atoms with Crippen LogP contribution in [0.5, 0.6) is 0 Å². The number of benzene rings is 1. The molecule has 7 heteroatoms. The summed E-state index contributed by atoms with van der Waals surface area (Å²) in [7, 11) is 0. The molecule has 3 rings (SSSR count). The van der Waals surface area contributed by atoms with E-state index >= 15 is 0 Å². The zero-order chi connectivity index (χ0) is 20.8. The van der Waals surface area contributed by atoms with E-state index in [1.165, 1.54) is 0 Å². The van der Waals surface area contributed by atoms with E-state index in [1.807, 2.05) is 19.9 Å². The molecule has 7 nitrogen and oxygen atoms in total. The number of hydrogen-bond donors (Lipinski definition) is 2. The Morgan fingerprint density at radius 3 is 2.21 bits per heavy atom. The third kappa shape index (κ3) is 5.32. The number of carbonyl (C=O) groups excluding carboxylic acids is 2. The molecule has 0 saturated carbocycles. The second-order valence-corrected chi connectivity index (χ2v) is 7.49. The van der Waals surface area contributed by atoms with Gasteiger partial charge in [0.2, 0.25) is 11.8 Å². The zero-order valence-corrected chi connectivity index (χ0v) is 16.7. The van der Waals surface area contributed by atoms with E-state index in [1.54, 1.807) is 36.5 Å². The lowest BCUT2D eigenvalue weighted by molar-refractivity contribution is -0.120. The van der Waals surface area contributed by atoms with Gasteiger partial charge in [-0.15, -0.1) is 0 Å². The highest BCUT2D eigenvalue weighted by molar-refractivity contribution is 5.94. The first-order valence-corrected chi connectivity index (χ1v) is 9.79. The highest BCUT2D eigenvalue weighted by atomic mass is 16.2. The molecular formula is C22H25N5O2. The number of nitriles is 1. The van der Waals surface area contributed by atoms with Crippen molar-refractivity contribution in [2.24, 2.45) is 11.8 Å². The summed E-state index contributed by atoms with van der Waals surface area (Å²) in [5.41, 5.74) is 1.97.